The minimum Gasteiger partial charge on any atom is -0.391 e. The maximum absolute atomic E-state index is 10.4. The molecule has 0 aromatic carbocycles. The molecule has 0 unspecified atom stereocenters. The van der Waals surface area contributed by atoms with E-state index in [1.807, 2.05) is 6.07 Å². The largest absolute Gasteiger partial charge is 0.423 e. The quantitative estimate of drug-likeness (QED) is 0.630. The van der Waals surface area contributed by atoms with E-state index in [0.29, 0.717) is 5.00 Å². The van der Waals surface area contributed by atoms with Gasteiger partial charge in [-0.25, -0.2) is 0 Å². The molecule has 7 heteroatoms. The van der Waals surface area contributed by atoms with Crippen LogP contribution in [-0.4, -0.2) is 9.91 Å². The van der Waals surface area contributed by atoms with Crippen molar-refractivity contribution in [3.63, 3.8) is 0 Å². The van der Waals surface area contributed by atoms with Crippen LogP contribution in [-0.2, 0) is 0 Å². The molecule has 0 aliphatic rings. The lowest BCUT2D eigenvalue weighted by molar-refractivity contribution is -0.384. The fraction of sp³-hybridized carbons (Fsp3) is 0. The first kappa shape index (κ1) is 9.10. The van der Waals surface area contributed by atoms with Gasteiger partial charge in [0, 0.05) is 0 Å². The van der Waals surface area contributed by atoms with Crippen LogP contribution >= 0.6 is 22.7 Å². The number of hydrogen-bond donors (Lipinski definition) is 1. The molecule has 2 aromatic rings. The van der Waals surface area contributed by atoms with Crippen LogP contribution < -0.4 is 5.73 Å². The standard InChI is InChI=1S/C7H5N3O2S2/c8-6-2-1-4(13-6)5-3-9-7(14-5)10(11)12/h1-3H,8H2. The second-order valence-corrected chi connectivity index (χ2v) is 4.59. The summed E-state index contributed by atoms with van der Waals surface area (Å²) in [5.41, 5.74) is 5.55. The van der Waals surface area contributed by atoms with Crippen molar-refractivity contribution in [1.29, 1.82) is 0 Å². The highest BCUT2D eigenvalue weighted by Gasteiger charge is 2.14. The molecule has 0 aliphatic carbocycles. The van der Waals surface area contributed by atoms with Crippen LogP contribution in [0, 0.1) is 10.1 Å². The number of rotatable bonds is 2. The van der Waals surface area contributed by atoms with E-state index in [-0.39, 0.29) is 5.13 Å². The van der Waals surface area contributed by atoms with E-state index in [2.05, 4.69) is 4.98 Å². The van der Waals surface area contributed by atoms with E-state index in [1.165, 1.54) is 17.5 Å². The molecule has 0 amide bonds. The third-order valence-electron chi connectivity index (χ3n) is 1.52. The van der Waals surface area contributed by atoms with Crippen molar-refractivity contribution in [2.75, 3.05) is 5.73 Å². The lowest BCUT2D eigenvalue weighted by Gasteiger charge is -1.85. The maximum Gasteiger partial charge on any atom is 0.423 e. The Hall–Kier alpha value is -1.47. The molecule has 0 aliphatic heterocycles. The van der Waals surface area contributed by atoms with Crippen LogP contribution in [0.3, 0.4) is 0 Å². The average molecular weight is 227 g/mol. The molecule has 14 heavy (non-hydrogen) atoms. The third-order valence-corrected chi connectivity index (χ3v) is 3.58. The predicted octanol–water partition coefficient (Wildman–Crippen LogP) is 2.36. The Kier molecular flexibility index (Phi) is 2.18. The number of hydrogen-bond acceptors (Lipinski definition) is 6. The number of aromatic nitrogens is 1. The van der Waals surface area contributed by atoms with Gasteiger partial charge >= 0.3 is 5.13 Å². The molecule has 0 bridgehead atoms. The fourth-order valence-electron chi connectivity index (χ4n) is 0.948. The molecule has 2 rings (SSSR count). The van der Waals surface area contributed by atoms with Crippen LogP contribution in [0.5, 0.6) is 0 Å². The summed E-state index contributed by atoms with van der Waals surface area (Å²) in [5.74, 6) is 0. The van der Waals surface area contributed by atoms with E-state index < -0.39 is 4.92 Å². The van der Waals surface area contributed by atoms with Gasteiger partial charge in [0.05, 0.1) is 14.8 Å². The Labute approximate surface area is 87.0 Å². The van der Waals surface area contributed by atoms with Gasteiger partial charge in [-0.15, -0.1) is 11.3 Å². The lowest BCUT2D eigenvalue weighted by Crippen LogP contribution is -1.83. The van der Waals surface area contributed by atoms with Gasteiger partial charge in [-0.05, 0) is 33.4 Å². The number of thiophene rings is 1. The normalized spacial score (nSPS) is 10.3. The molecule has 2 N–H and O–H groups in total. The predicted molar refractivity (Wildman–Crippen MR) is 56.5 cm³/mol. The van der Waals surface area contributed by atoms with E-state index in [1.54, 1.807) is 6.07 Å². The number of nitrogens with zero attached hydrogens (tertiary/aromatic N) is 2. The van der Waals surface area contributed by atoms with Crippen LogP contribution in [0.4, 0.5) is 10.1 Å². The summed E-state index contributed by atoms with van der Waals surface area (Å²) >= 11 is 2.44. The summed E-state index contributed by atoms with van der Waals surface area (Å²) < 4.78 is 0. The summed E-state index contributed by atoms with van der Waals surface area (Å²) in [5, 5.41) is 11.0. The summed E-state index contributed by atoms with van der Waals surface area (Å²) in [7, 11) is 0. The molecule has 2 aromatic heterocycles. The zero-order valence-electron chi connectivity index (χ0n) is 6.84. The van der Waals surface area contributed by atoms with Gasteiger partial charge in [-0.2, -0.15) is 0 Å². The highest BCUT2D eigenvalue weighted by atomic mass is 32.1. The van der Waals surface area contributed by atoms with E-state index in [0.717, 1.165) is 21.1 Å². The number of nitrogen functional groups attached to an aromatic ring is 1. The zero-order chi connectivity index (χ0) is 10.1. The highest BCUT2D eigenvalue weighted by molar-refractivity contribution is 7.25. The molecule has 0 radical (unpaired) electrons. The Morgan fingerprint density at radius 3 is 2.64 bits per heavy atom. The second kappa shape index (κ2) is 3.35. The molecule has 72 valence electrons. The van der Waals surface area contributed by atoms with Gasteiger partial charge in [0.1, 0.15) is 0 Å². The van der Waals surface area contributed by atoms with Gasteiger partial charge in [0.15, 0.2) is 6.20 Å². The zero-order valence-corrected chi connectivity index (χ0v) is 8.47. The van der Waals surface area contributed by atoms with Crippen LogP contribution in [0.2, 0.25) is 0 Å². The highest BCUT2D eigenvalue weighted by Crippen LogP contribution is 2.35. The van der Waals surface area contributed by atoms with Crippen LogP contribution in [0.15, 0.2) is 18.3 Å². The van der Waals surface area contributed by atoms with Gasteiger partial charge < -0.3 is 15.8 Å². The van der Waals surface area contributed by atoms with Gasteiger partial charge in [-0.3, -0.25) is 0 Å². The number of nitrogens with two attached hydrogens (primary N) is 1. The molecule has 0 fully saturated rings. The first-order valence-electron chi connectivity index (χ1n) is 3.63. The van der Waals surface area contributed by atoms with Crippen LogP contribution in [0.25, 0.3) is 9.75 Å². The summed E-state index contributed by atoms with van der Waals surface area (Å²) in [6, 6.07) is 3.60. The Bertz CT molecular complexity index is 477. The molecular weight excluding hydrogens is 222 g/mol. The third kappa shape index (κ3) is 1.59. The smallest absolute Gasteiger partial charge is 0.391 e. The van der Waals surface area contributed by atoms with Crippen molar-refractivity contribution in [2.24, 2.45) is 0 Å². The van der Waals surface area contributed by atoms with E-state index in [4.69, 9.17) is 5.73 Å². The minimum absolute atomic E-state index is 0.0908. The summed E-state index contributed by atoms with van der Waals surface area (Å²) in [6.45, 7) is 0. The molecule has 0 spiro atoms. The minimum atomic E-state index is -0.495. The van der Waals surface area contributed by atoms with Crippen molar-refractivity contribution in [1.82, 2.24) is 4.98 Å². The Morgan fingerprint density at radius 1 is 1.36 bits per heavy atom. The topological polar surface area (TPSA) is 82.0 Å². The average Bonchev–Trinajstić information content (AvgIpc) is 2.70. The molecule has 0 atom stereocenters. The van der Waals surface area contributed by atoms with E-state index in [9.17, 15) is 10.1 Å². The monoisotopic (exact) mass is 227 g/mol. The molecule has 2 heterocycles. The Balaban J connectivity index is 2.38. The van der Waals surface area contributed by atoms with Crippen molar-refractivity contribution >= 4 is 32.8 Å². The molecular formula is C7H5N3O2S2. The van der Waals surface area contributed by atoms with Gasteiger partial charge in [-0.1, -0.05) is 0 Å². The molecule has 0 saturated carbocycles. The van der Waals surface area contributed by atoms with Crippen LogP contribution in [0.1, 0.15) is 0 Å². The maximum atomic E-state index is 10.4. The van der Waals surface area contributed by atoms with Gasteiger partial charge in [0.2, 0.25) is 0 Å². The first-order chi connectivity index (χ1) is 6.66. The summed E-state index contributed by atoms with van der Waals surface area (Å²) in [4.78, 5) is 15.3. The second-order valence-electron chi connectivity index (χ2n) is 2.47. The lowest BCUT2D eigenvalue weighted by atomic mass is 10.4. The molecule has 5 nitrogen and oxygen atoms in total. The van der Waals surface area contributed by atoms with Crippen molar-refractivity contribution < 1.29 is 4.92 Å². The van der Waals surface area contributed by atoms with Crippen molar-refractivity contribution in [3.8, 4) is 9.75 Å². The van der Waals surface area contributed by atoms with Crippen molar-refractivity contribution in [3.05, 3.63) is 28.4 Å². The van der Waals surface area contributed by atoms with Gasteiger partial charge in [0.25, 0.3) is 0 Å². The molecule has 0 saturated heterocycles. The number of thiazole rings is 1. The summed E-state index contributed by atoms with van der Waals surface area (Å²) in [6.07, 6.45) is 1.49. The number of nitro groups is 1. The first-order valence-corrected chi connectivity index (χ1v) is 5.26. The van der Waals surface area contributed by atoms with Crippen molar-refractivity contribution in [2.45, 2.75) is 0 Å². The SMILES string of the molecule is Nc1ccc(-c2cnc([N+](=O)[O-])s2)s1. The van der Waals surface area contributed by atoms with E-state index >= 15 is 0 Å². The fourth-order valence-corrected chi connectivity index (χ4v) is 2.53. The number of anilines is 1. The Morgan fingerprint density at radius 2 is 2.14 bits per heavy atom.